The summed E-state index contributed by atoms with van der Waals surface area (Å²) in [6, 6.07) is 6.64. The number of rotatable bonds is 5. The van der Waals surface area contributed by atoms with Gasteiger partial charge in [0.25, 0.3) is 0 Å². The van der Waals surface area contributed by atoms with Gasteiger partial charge >= 0.3 is 0 Å². The number of piperazine rings is 1. The van der Waals surface area contributed by atoms with Crippen LogP contribution in [0.1, 0.15) is 11.1 Å². The van der Waals surface area contributed by atoms with E-state index >= 15 is 0 Å². The summed E-state index contributed by atoms with van der Waals surface area (Å²) < 4.78 is 13.2. The first-order valence-electron chi connectivity index (χ1n) is 6.99. The molecule has 1 aliphatic rings. The fourth-order valence-corrected chi connectivity index (χ4v) is 2.39. The fraction of sp³-hybridized carbons (Fsp3) is 0.533. The highest BCUT2D eigenvalue weighted by atomic mass is 19.1. The second-order valence-corrected chi connectivity index (χ2v) is 5.26. The van der Waals surface area contributed by atoms with Crippen molar-refractivity contribution in [2.45, 2.75) is 6.54 Å². The van der Waals surface area contributed by atoms with E-state index < -0.39 is 5.82 Å². The third-order valence-corrected chi connectivity index (χ3v) is 3.61. The predicted octanol–water partition coefficient (Wildman–Crippen LogP) is 1.03. The van der Waals surface area contributed by atoms with Crippen molar-refractivity contribution in [2.75, 3.05) is 46.3 Å². The van der Waals surface area contributed by atoms with E-state index in [-0.39, 0.29) is 5.56 Å². The van der Waals surface area contributed by atoms with Crippen molar-refractivity contribution in [3.05, 3.63) is 35.1 Å². The minimum atomic E-state index is -0.445. The molecule has 108 valence electrons. The lowest BCUT2D eigenvalue weighted by Crippen LogP contribution is -2.45. The number of hydrogen-bond acceptors (Lipinski definition) is 4. The molecule has 0 saturated carbocycles. The molecule has 1 heterocycles. The Morgan fingerprint density at radius 1 is 1.40 bits per heavy atom. The largest absolute Gasteiger partial charge is 0.314 e. The summed E-state index contributed by atoms with van der Waals surface area (Å²) in [6.45, 7) is 7.08. The molecular formula is C15H21FN4. The molecule has 0 spiro atoms. The zero-order valence-electron chi connectivity index (χ0n) is 11.9. The lowest BCUT2D eigenvalue weighted by atomic mass is 10.1. The van der Waals surface area contributed by atoms with Crippen LogP contribution in [0.5, 0.6) is 0 Å². The number of halogens is 1. The molecule has 0 bridgehead atoms. The smallest absolute Gasteiger partial charge is 0.140 e. The van der Waals surface area contributed by atoms with E-state index in [4.69, 9.17) is 5.26 Å². The fourth-order valence-electron chi connectivity index (χ4n) is 2.39. The number of nitrogens with zero attached hydrogens (tertiary/aromatic N) is 3. The average Bonchev–Trinajstić information content (AvgIpc) is 2.48. The molecular weight excluding hydrogens is 255 g/mol. The van der Waals surface area contributed by atoms with E-state index in [0.29, 0.717) is 0 Å². The molecule has 1 aromatic rings. The van der Waals surface area contributed by atoms with Crippen molar-refractivity contribution in [3.8, 4) is 6.07 Å². The molecule has 5 heteroatoms. The molecule has 0 unspecified atom stereocenters. The lowest BCUT2D eigenvalue weighted by Gasteiger charge is -2.29. The molecule has 0 atom stereocenters. The van der Waals surface area contributed by atoms with Crippen LogP contribution in [-0.4, -0.2) is 56.1 Å². The summed E-state index contributed by atoms with van der Waals surface area (Å²) in [6.07, 6.45) is 0. The molecule has 0 radical (unpaired) electrons. The normalized spacial score (nSPS) is 16.3. The Hall–Kier alpha value is -1.48. The minimum Gasteiger partial charge on any atom is -0.314 e. The van der Waals surface area contributed by atoms with Crippen LogP contribution >= 0.6 is 0 Å². The molecule has 1 aromatic carbocycles. The van der Waals surface area contributed by atoms with Gasteiger partial charge in [0, 0.05) is 45.8 Å². The van der Waals surface area contributed by atoms with Crippen molar-refractivity contribution >= 4 is 0 Å². The molecule has 1 aliphatic heterocycles. The van der Waals surface area contributed by atoms with Crippen molar-refractivity contribution in [1.82, 2.24) is 15.1 Å². The van der Waals surface area contributed by atoms with E-state index in [9.17, 15) is 4.39 Å². The van der Waals surface area contributed by atoms with E-state index in [1.54, 1.807) is 12.1 Å². The first-order valence-corrected chi connectivity index (χ1v) is 6.99. The van der Waals surface area contributed by atoms with Gasteiger partial charge in [-0.15, -0.1) is 0 Å². The van der Waals surface area contributed by atoms with Crippen molar-refractivity contribution in [1.29, 1.82) is 5.26 Å². The van der Waals surface area contributed by atoms with Crippen LogP contribution in [0.4, 0.5) is 4.39 Å². The molecule has 2 rings (SSSR count). The molecule has 0 aliphatic carbocycles. The third kappa shape index (κ3) is 4.27. The maximum Gasteiger partial charge on any atom is 0.140 e. The van der Waals surface area contributed by atoms with Gasteiger partial charge in [-0.1, -0.05) is 6.07 Å². The van der Waals surface area contributed by atoms with Gasteiger partial charge < -0.3 is 10.2 Å². The van der Waals surface area contributed by atoms with Crippen molar-refractivity contribution in [2.24, 2.45) is 0 Å². The molecule has 4 nitrogen and oxygen atoms in total. The number of nitrogens with one attached hydrogen (secondary N) is 1. The van der Waals surface area contributed by atoms with E-state index in [2.05, 4.69) is 22.2 Å². The first kappa shape index (κ1) is 14.9. The monoisotopic (exact) mass is 276 g/mol. The standard InChI is InChI=1S/C15H21FN4/c1-19(8-9-20-6-4-18-5-7-20)12-13-2-3-15(16)14(10-13)11-17/h2-3,10,18H,4-9,12H2,1H3. The van der Waals surface area contributed by atoms with Crippen molar-refractivity contribution < 1.29 is 4.39 Å². The molecule has 1 saturated heterocycles. The van der Waals surface area contributed by atoms with Crippen LogP contribution in [0, 0.1) is 17.1 Å². The second kappa shape index (κ2) is 7.34. The van der Waals surface area contributed by atoms with Gasteiger partial charge in [0.05, 0.1) is 5.56 Å². The van der Waals surface area contributed by atoms with E-state index in [0.717, 1.165) is 51.4 Å². The van der Waals surface area contributed by atoms with Gasteiger partial charge in [0.2, 0.25) is 0 Å². The van der Waals surface area contributed by atoms with Gasteiger partial charge in [-0.2, -0.15) is 5.26 Å². The Labute approximate surface area is 119 Å². The summed E-state index contributed by atoms with van der Waals surface area (Å²) in [7, 11) is 2.05. The Morgan fingerprint density at radius 2 is 2.15 bits per heavy atom. The van der Waals surface area contributed by atoms with E-state index in [1.165, 1.54) is 6.07 Å². The predicted molar refractivity (Wildman–Crippen MR) is 76.8 cm³/mol. The van der Waals surface area contributed by atoms with Crippen molar-refractivity contribution in [3.63, 3.8) is 0 Å². The van der Waals surface area contributed by atoms with Crippen LogP contribution in [0.2, 0.25) is 0 Å². The van der Waals surface area contributed by atoms with E-state index in [1.807, 2.05) is 6.07 Å². The van der Waals surface area contributed by atoms with Crippen LogP contribution < -0.4 is 5.32 Å². The topological polar surface area (TPSA) is 42.3 Å². The highest BCUT2D eigenvalue weighted by Gasteiger charge is 2.10. The molecule has 20 heavy (non-hydrogen) atoms. The van der Waals surface area contributed by atoms with Gasteiger partial charge in [-0.3, -0.25) is 4.90 Å². The summed E-state index contributed by atoms with van der Waals surface area (Å²) >= 11 is 0. The molecule has 1 fully saturated rings. The minimum absolute atomic E-state index is 0.123. The third-order valence-electron chi connectivity index (χ3n) is 3.61. The maximum atomic E-state index is 13.2. The number of likely N-dealkylation sites (N-methyl/N-ethyl adjacent to an activating group) is 1. The summed E-state index contributed by atoms with van der Waals surface area (Å²) in [4.78, 5) is 4.65. The SMILES string of the molecule is CN(CCN1CCNCC1)Cc1ccc(F)c(C#N)c1. The Kier molecular flexibility index (Phi) is 5.48. The van der Waals surface area contributed by atoms with Gasteiger partial charge in [-0.05, 0) is 24.7 Å². The maximum absolute atomic E-state index is 13.2. The first-order chi connectivity index (χ1) is 9.69. The molecule has 0 amide bonds. The second-order valence-electron chi connectivity index (χ2n) is 5.26. The highest BCUT2D eigenvalue weighted by molar-refractivity contribution is 5.34. The van der Waals surface area contributed by atoms with Gasteiger partial charge in [-0.25, -0.2) is 4.39 Å². The quantitative estimate of drug-likeness (QED) is 0.872. The van der Waals surface area contributed by atoms with Crippen LogP contribution in [0.25, 0.3) is 0 Å². The highest BCUT2D eigenvalue weighted by Crippen LogP contribution is 2.11. The van der Waals surface area contributed by atoms with Crippen LogP contribution in [-0.2, 0) is 6.54 Å². The average molecular weight is 276 g/mol. The Bertz CT molecular complexity index is 477. The number of hydrogen-bond donors (Lipinski definition) is 1. The molecule has 0 aromatic heterocycles. The number of nitriles is 1. The Morgan fingerprint density at radius 3 is 2.85 bits per heavy atom. The lowest BCUT2D eigenvalue weighted by molar-refractivity contribution is 0.202. The summed E-state index contributed by atoms with van der Waals surface area (Å²) in [5.41, 5.74) is 1.10. The summed E-state index contributed by atoms with van der Waals surface area (Å²) in [5, 5.41) is 12.2. The van der Waals surface area contributed by atoms with Gasteiger partial charge in [0.1, 0.15) is 11.9 Å². The van der Waals surface area contributed by atoms with Crippen LogP contribution in [0.3, 0.4) is 0 Å². The zero-order chi connectivity index (χ0) is 14.4. The van der Waals surface area contributed by atoms with Gasteiger partial charge in [0.15, 0.2) is 0 Å². The Balaban J connectivity index is 1.81. The van der Waals surface area contributed by atoms with Crippen LogP contribution in [0.15, 0.2) is 18.2 Å². The number of benzene rings is 1. The molecule has 1 N–H and O–H groups in total. The zero-order valence-corrected chi connectivity index (χ0v) is 11.9. The summed E-state index contributed by atoms with van der Waals surface area (Å²) in [5.74, 6) is -0.445.